The van der Waals surface area contributed by atoms with Crippen LogP contribution in [-0.2, 0) is 10.0 Å². The van der Waals surface area contributed by atoms with E-state index in [0.29, 0.717) is 0 Å². The van der Waals surface area contributed by atoms with Crippen LogP contribution in [0.5, 0.6) is 0 Å². The van der Waals surface area contributed by atoms with Gasteiger partial charge in [-0.15, -0.1) is 0 Å². The van der Waals surface area contributed by atoms with Crippen molar-refractivity contribution < 1.29 is 13.3 Å². The smallest absolute Gasteiger partial charge is 0.289 e. The molecule has 100 valence electrons. The van der Waals surface area contributed by atoms with Crippen molar-refractivity contribution in [3.63, 3.8) is 0 Å². The fraction of sp³-hybridized carbons (Fsp3) is 0. The second kappa shape index (κ2) is 4.86. The van der Waals surface area contributed by atoms with E-state index in [0.717, 1.165) is 12.3 Å². The lowest BCUT2D eigenvalue weighted by Crippen LogP contribution is -2.13. The fourth-order valence-corrected chi connectivity index (χ4v) is 2.46. The van der Waals surface area contributed by atoms with Crippen molar-refractivity contribution in [2.75, 3.05) is 4.72 Å². The quantitative estimate of drug-likeness (QED) is 0.659. The standard InChI is InChI=1S/C9H7ClN4O4S/c10-7-2-1-6(3-8(7)14(15)16)13-19(17,18)9-4-11-5-12-9/h1-5,13H,(H,11,12). The highest BCUT2D eigenvalue weighted by atomic mass is 35.5. The second-order valence-electron chi connectivity index (χ2n) is 3.44. The minimum Gasteiger partial charge on any atom is -0.334 e. The normalized spacial score (nSPS) is 11.2. The van der Waals surface area contributed by atoms with Gasteiger partial charge in [-0.1, -0.05) is 11.6 Å². The van der Waals surface area contributed by atoms with E-state index in [1.165, 1.54) is 18.5 Å². The maximum atomic E-state index is 11.8. The molecule has 1 aromatic carbocycles. The number of halogens is 1. The summed E-state index contributed by atoms with van der Waals surface area (Å²) < 4.78 is 25.9. The maximum absolute atomic E-state index is 11.8. The van der Waals surface area contributed by atoms with E-state index in [4.69, 9.17) is 11.6 Å². The molecular weight excluding hydrogens is 296 g/mol. The molecular formula is C9H7ClN4O4S. The van der Waals surface area contributed by atoms with Gasteiger partial charge < -0.3 is 4.98 Å². The number of nitro benzene ring substituents is 1. The van der Waals surface area contributed by atoms with Crippen LogP contribution in [0.2, 0.25) is 5.02 Å². The highest BCUT2D eigenvalue weighted by molar-refractivity contribution is 7.92. The summed E-state index contributed by atoms with van der Waals surface area (Å²) in [6.45, 7) is 0. The van der Waals surface area contributed by atoms with Crippen LogP contribution in [0.4, 0.5) is 11.4 Å². The van der Waals surface area contributed by atoms with Gasteiger partial charge in [0.05, 0.1) is 23.1 Å². The molecule has 0 spiro atoms. The number of aromatic amines is 1. The molecule has 0 aliphatic carbocycles. The molecule has 0 saturated carbocycles. The summed E-state index contributed by atoms with van der Waals surface area (Å²) in [6.07, 6.45) is 2.32. The fourth-order valence-electron chi connectivity index (χ4n) is 1.32. The molecule has 8 nitrogen and oxygen atoms in total. The van der Waals surface area contributed by atoms with Crippen LogP contribution in [-0.4, -0.2) is 23.3 Å². The maximum Gasteiger partial charge on any atom is 0.289 e. The van der Waals surface area contributed by atoms with E-state index < -0.39 is 14.9 Å². The molecule has 0 aliphatic heterocycles. The number of nitrogens with one attached hydrogen (secondary N) is 2. The summed E-state index contributed by atoms with van der Waals surface area (Å²) >= 11 is 5.63. The predicted molar refractivity (Wildman–Crippen MR) is 67.5 cm³/mol. The largest absolute Gasteiger partial charge is 0.334 e. The van der Waals surface area contributed by atoms with Gasteiger partial charge in [0.1, 0.15) is 5.02 Å². The Kier molecular flexibility index (Phi) is 3.40. The minimum absolute atomic E-state index is 0.0331. The van der Waals surface area contributed by atoms with Gasteiger partial charge in [-0.3, -0.25) is 14.8 Å². The van der Waals surface area contributed by atoms with E-state index in [9.17, 15) is 18.5 Å². The summed E-state index contributed by atoms with van der Waals surface area (Å²) in [7, 11) is -3.86. The van der Waals surface area contributed by atoms with Crippen molar-refractivity contribution in [2.24, 2.45) is 0 Å². The first-order valence-electron chi connectivity index (χ1n) is 4.85. The lowest BCUT2D eigenvalue weighted by atomic mass is 10.3. The third-order valence-corrected chi connectivity index (χ3v) is 3.78. The van der Waals surface area contributed by atoms with Crippen molar-refractivity contribution in [3.05, 3.63) is 45.9 Å². The Hall–Kier alpha value is -2.13. The van der Waals surface area contributed by atoms with Crippen molar-refractivity contribution in [3.8, 4) is 0 Å². The molecule has 0 unspecified atom stereocenters. The Bertz CT molecular complexity index is 714. The molecule has 0 bridgehead atoms. The Morgan fingerprint density at radius 3 is 2.74 bits per heavy atom. The number of nitrogens with zero attached hydrogens (tertiary/aromatic N) is 2. The number of imidazole rings is 1. The molecule has 1 heterocycles. The number of rotatable bonds is 4. The number of benzene rings is 1. The van der Waals surface area contributed by atoms with E-state index in [-0.39, 0.29) is 21.4 Å². The van der Waals surface area contributed by atoms with Crippen LogP contribution in [0.25, 0.3) is 0 Å². The Labute approximate surface area is 112 Å². The van der Waals surface area contributed by atoms with Crippen LogP contribution in [0.3, 0.4) is 0 Å². The molecule has 0 saturated heterocycles. The van der Waals surface area contributed by atoms with Gasteiger partial charge in [-0.2, -0.15) is 8.42 Å². The second-order valence-corrected chi connectivity index (χ2v) is 5.50. The van der Waals surface area contributed by atoms with Gasteiger partial charge in [0.25, 0.3) is 15.7 Å². The van der Waals surface area contributed by atoms with Gasteiger partial charge >= 0.3 is 0 Å². The van der Waals surface area contributed by atoms with Crippen LogP contribution < -0.4 is 4.72 Å². The molecule has 0 amide bonds. The summed E-state index contributed by atoms with van der Waals surface area (Å²) in [5.74, 6) is 0. The van der Waals surface area contributed by atoms with Crippen molar-refractivity contribution in [1.82, 2.24) is 9.97 Å². The zero-order valence-electron chi connectivity index (χ0n) is 9.20. The molecule has 1 aromatic heterocycles. The number of hydrogen-bond acceptors (Lipinski definition) is 5. The number of aromatic nitrogens is 2. The molecule has 0 aliphatic rings. The van der Waals surface area contributed by atoms with Crippen LogP contribution in [0, 0.1) is 10.1 Å². The van der Waals surface area contributed by atoms with Gasteiger partial charge in [0.2, 0.25) is 0 Å². The average molecular weight is 303 g/mol. The molecule has 0 radical (unpaired) electrons. The van der Waals surface area contributed by atoms with Gasteiger partial charge in [-0.05, 0) is 12.1 Å². The average Bonchev–Trinajstić information content (AvgIpc) is 2.85. The predicted octanol–water partition coefficient (Wildman–Crippen LogP) is 1.77. The molecule has 2 aromatic rings. The SMILES string of the molecule is O=[N+]([O-])c1cc(NS(=O)(=O)c2cnc[nH]2)ccc1Cl. The Morgan fingerprint density at radius 2 is 2.16 bits per heavy atom. The van der Waals surface area contributed by atoms with E-state index in [2.05, 4.69) is 14.7 Å². The molecule has 2 rings (SSSR count). The molecule has 2 N–H and O–H groups in total. The molecule has 10 heteroatoms. The third-order valence-electron chi connectivity index (χ3n) is 2.16. The van der Waals surface area contributed by atoms with E-state index >= 15 is 0 Å². The first-order valence-corrected chi connectivity index (χ1v) is 6.71. The monoisotopic (exact) mass is 302 g/mol. The van der Waals surface area contributed by atoms with Crippen LogP contribution >= 0.6 is 11.6 Å². The summed E-state index contributed by atoms with van der Waals surface area (Å²) in [5.41, 5.74) is -0.350. The van der Waals surface area contributed by atoms with E-state index in [1.54, 1.807) is 0 Å². The van der Waals surface area contributed by atoms with E-state index in [1.807, 2.05) is 0 Å². The van der Waals surface area contributed by atoms with Crippen molar-refractivity contribution >= 4 is 33.0 Å². The van der Waals surface area contributed by atoms with Crippen LogP contribution in [0.15, 0.2) is 35.7 Å². The first kappa shape index (κ1) is 13.3. The van der Waals surface area contributed by atoms with Crippen molar-refractivity contribution in [2.45, 2.75) is 5.03 Å². The number of sulfonamides is 1. The summed E-state index contributed by atoms with van der Waals surface area (Å²) in [5, 5.41) is 10.5. The third kappa shape index (κ3) is 2.83. The highest BCUT2D eigenvalue weighted by Gasteiger charge is 2.18. The van der Waals surface area contributed by atoms with Crippen LogP contribution in [0.1, 0.15) is 0 Å². The van der Waals surface area contributed by atoms with Crippen molar-refractivity contribution in [1.29, 1.82) is 0 Å². The highest BCUT2D eigenvalue weighted by Crippen LogP contribution is 2.28. The van der Waals surface area contributed by atoms with Gasteiger partial charge in [0, 0.05) is 6.07 Å². The number of anilines is 1. The topological polar surface area (TPSA) is 118 Å². The molecule has 0 fully saturated rings. The number of H-pyrrole nitrogens is 1. The number of hydrogen-bond donors (Lipinski definition) is 2. The zero-order valence-corrected chi connectivity index (χ0v) is 10.8. The summed E-state index contributed by atoms with van der Waals surface area (Å²) in [4.78, 5) is 16.0. The van der Waals surface area contributed by atoms with Gasteiger partial charge in [0.15, 0.2) is 5.03 Å². The Morgan fingerprint density at radius 1 is 1.42 bits per heavy atom. The number of nitro groups is 1. The molecule has 19 heavy (non-hydrogen) atoms. The molecule has 0 atom stereocenters. The zero-order chi connectivity index (χ0) is 14.0. The summed E-state index contributed by atoms with van der Waals surface area (Å²) in [6, 6.07) is 3.60. The lowest BCUT2D eigenvalue weighted by Gasteiger charge is -2.06. The first-order chi connectivity index (χ1) is 8.90. The Balaban J connectivity index is 2.35. The lowest BCUT2D eigenvalue weighted by molar-refractivity contribution is -0.384. The van der Waals surface area contributed by atoms with Gasteiger partial charge in [-0.25, -0.2) is 4.98 Å². The minimum atomic E-state index is -3.86.